The molecule has 0 unspecified atom stereocenters. The van der Waals surface area contributed by atoms with Crippen molar-refractivity contribution in [3.8, 4) is 11.5 Å². The predicted molar refractivity (Wildman–Crippen MR) is 125 cm³/mol. The maximum Gasteiger partial charge on any atom is 0.290 e. The maximum absolute atomic E-state index is 13.5. The molecule has 33 heavy (non-hydrogen) atoms. The molecular weight excluding hydrogens is 418 g/mol. The Kier molecular flexibility index (Phi) is 5.34. The predicted octanol–water partition coefficient (Wildman–Crippen LogP) is 4.60. The number of carbonyl (C=O) groups excluding carboxylic acids is 1. The first-order valence-corrected chi connectivity index (χ1v) is 10.7. The molecule has 3 aromatic carbocycles. The quantitative estimate of drug-likeness (QED) is 0.438. The Morgan fingerprint density at radius 2 is 1.64 bits per heavy atom. The molecule has 0 N–H and O–H groups in total. The zero-order chi connectivity index (χ0) is 22.9. The molecule has 1 aliphatic rings. The van der Waals surface area contributed by atoms with E-state index in [1.165, 1.54) is 0 Å². The molecule has 1 atom stereocenters. The van der Waals surface area contributed by atoms with Gasteiger partial charge < -0.3 is 18.8 Å². The number of para-hydroxylation sites is 1. The lowest BCUT2D eigenvalue weighted by atomic mass is 9.98. The monoisotopic (exact) mass is 441 g/mol. The van der Waals surface area contributed by atoms with Crippen LogP contribution in [-0.4, -0.2) is 31.6 Å². The lowest BCUT2D eigenvalue weighted by Crippen LogP contribution is -2.31. The highest BCUT2D eigenvalue weighted by molar-refractivity contribution is 5.99. The van der Waals surface area contributed by atoms with E-state index in [-0.39, 0.29) is 17.1 Å². The van der Waals surface area contributed by atoms with Crippen LogP contribution in [0, 0.1) is 0 Å². The van der Waals surface area contributed by atoms with Crippen molar-refractivity contribution in [1.29, 1.82) is 0 Å². The largest absolute Gasteiger partial charge is 0.497 e. The zero-order valence-corrected chi connectivity index (χ0v) is 18.4. The number of benzene rings is 3. The van der Waals surface area contributed by atoms with Crippen molar-refractivity contribution in [2.24, 2.45) is 0 Å². The van der Waals surface area contributed by atoms with Crippen LogP contribution in [0.25, 0.3) is 11.0 Å². The SMILES string of the molecule is COc1ccc(CCN2C(=O)c3oc4ccccc4c(=O)c3[C@@H]2c2cccc(OC)c2)cc1. The molecule has 0 saturated heterocycles. The fraction of sp³-hybridized carbons (Fsp3) is 0.185. The molecular formula is C27H23NO5. The van der Waals surface area contributed by atoms with Gasteiger partial charge in [0.05, 0.1) is 31.2 Å². The number of fused-ring (bicyclic) bond motifs is 2. The summed E-state index contributed by atoms with van der Waals surface area (Å²) in [5, 5.41) is 0.467. The Labute approximate surface area is 191 Å². The lowest BCUT2D eigenvalue weighted by molar-refractivity contribution is 0.0730. The highest BCUT2D eigenvalue weighted by Gasteiger charge is 2.42. The Morgan fingerprint density at radius 1 is 0.879 bits per heavy atom. The number of methoxy groups -OCH3 is 2. The highest BCUT2D eigenvalue weighted by atomic mass is 16.5. The van der Waals surface area contributed by atoms with E-state index in [2.05, 4.69) is 0 Å². The number of nitrogens with zero attached hydrogens (tertiary/aromatic N) is 1. The first-order valence-electron chi connectivity index (χ1n) is 10.7. The van der Waals surface area contributed by atoms with Gasteiger partial charge >= 0.3 is 0 Å². The third kappa shape index (κ3) is 3.63. The van der Waals surface area contributed by atoms with Crippen LogP contribution in [0.1, 0.15) is 33.3 Å². The second kappa shape index (κ2) is 8.47. The van der Waals surface area contributed by atoms with E-state index in [0.717, 1.165) is 16.9 Å². The van der Waals surface area contributed by atoms with Gasteiger partial charge in [0.1, 0.15) is 17.1 Å². The van der Waals surface area contributed by atoms with Crippen molar-refractivity contribution >= 4 is 16.9 Å². The van der Waals surface area contributed by atoms with Crippen molar-refractivity contribution in [3.63, 3.8) is 0 Å². The number of rotatable bonds is 6. The third-order valence-electron chi connectivity index (χ3n) is 6.08. The minimum atomic E-state index is -0.554. The second-order valence-electron chi connectivity index (χ2n) is 7.95. The summed E-state index contributed by atoms with van der Waals surface area (Å²) in [6, 6.07) is 21.7. The van der Waals surface area contributed by atoms with Gasteiger partial charge in [-0.15, -0.1) is 0 Å². The summed E-state index contributed by atoms with van der Waals surface area (Å²) >= 11 is 0. The van der Waals surface area contributed by atoms with Crippen molar-refractivity contribution in [2.75, 3.05) is 20.8 Å². The minimum Gasteiger partial charge on any atom is -0.497 e. The maximum atomic E-state index is 13.5. The first-order chi connectivity index (χ1) is 16.1. The number of carbonyl (C=O) groups is 1. The smallest absolute Gasteiger partial charge is 0.290 e. The van der Waals surface area contributed by atoms with Crippen LogP contribution in [0.4, 0.5) is 0 Å². The van der Waals surface area contributed by atoms with Crippen LogP contribution in [0.3, 0.4) is 0 Å². The van der Waals surface area contributed by atoms with Gasteiger partial charge in [-0.1, -0.05) is 36.4 Å². The standard InChI is InChI=1S/C27H23NO5/c1-31-19-12-10-17(11-13-19)14-15-28-24(18-6-5-7-20(16-18)32-2)23-25(29)21-8-3-4-9-22(21)33-26(23)27(28)30/h3-13,16,24H,14-15H2,1-2H3/t24-/m0/s1. The summed E-state index contributed by atoms with van der Waals surface area (Å²) in [6.45, 7) is 0.424. The minimum absolute atomic E-state index is 0.112. The van der Waals surface area contributed by atoms with E-state index < -0.39 is 6.04 Å². The highest BCUT2D eigenvalue weighted by Crippen LogP contribution is 2.39. The lowest BCUT2D eigenvalue weighted by Gasteiger charge is -2.25. The van der Waals surface area contributed by atoms with Crippen LogP contribution in [-0.2, 0) is 6.42 Å². The Bertz CT molecular complexity index is 1390. The molecule has 1 amide bonds. The normalized spacial score (nSPS) is 15.0. The molecule has 5 rings (SSSR count). The number of hydrogen-bond acceptors (Lipinski definition) is 5. The summed E-state index contributed by atoms with van der Waals surface area (Å²) in [6.07, 6.45) is 0.623. The summed E-state index contributed by atoms with van der Waals surface area (Å²) in [5.74, 6) is 1.27. The van der Waals surface area contributed by atoms with Crippen molar-refractivity contribution in [2.45, 2.75) is 12.5 Å². The van der Waals surface area contributed by atoms with Crippen LogP contribution < -0.4 is 14.9 Å². The molecule has 0 aliphatic carbocycles. The average molecular weight is 441 g/mol. The van der Waals surface area contributed by atoms with Gasteiger partial charge in [-0.25, -0.2) is 0 Å². The van der Waals surface area contributed by atoms with E-state index in [1.54, 1.807) is 43.4 Å². The summed E-state index contributed by atoms with van der Waals surface area (Å²) in [7, 11) is 3.22. The molecule has 0 radical (unpaired) electrons. The molecule has 1 aromatic heterocycles. The van der Waals surface area contributed by atoms with E-state index in [9.17, 15) is 9.59 Å². The molecule has 0 saturated carbocycles. The topological polar surface area (TPSA) is 69.0 Å². The fourth-order valence-corrected chi connectivity index (χ4v) is 4.40. The van der Waals surface area contributed by atoms with Crippen LogP contribution in [0.2, 0.25) is 0 Å². The molecule has 1 aliphatic heterocycles. The van der Waals surface area contributed by atoms with Crippen molar-refractivity contribution < 1.29 is 18.7 Å². The first kappa shape index (κ1) is 20.8. The van der Waals surface area contributed by atoms with Crippen LogP contribution >= 0.6 is 0 Å². The summed E-state index contributed by atoms with van der Waals surface area (Å²) in [4.78, 5) is 28.7. The van der Waals surface area contributed by atoms with Crippen LogP contribution in [0.15, 0.2) is 82.0 Å². The molecule has 0 fully saturated rings. The molecule has 2 heterocycles. The molecule has 4 aromatic rings. The molecule has 6 heteroatoms. The van der Waals surface area contributed by atoms with E-state index >= 15 is 0 Å². The van der Waals surface area contributed by atoms with Gasteiger partial charge in [-0.2, -0.15) is 0 Å². The van der Waals surface area contributed by atoms with Gasteiger partial charge in [0, 0.05) is 6.54 Å². The number of hydrogen-bond donors (Lipinski definition) is 0. The zero-order valence-electron chi connectivity index (χ0n) is 18.4. The van der Waals surface area contributed by atoms with Gasteiger partial charge in [0.2, 0.25) is 5.76 Å². The molecule has 0 spiro atoms. The van der Waals surface area contributed by atoms with Crippen molar-refractivity contribution in [1.82, 2.24) is 4.90 Å². The molecule has 0 bridgehead atoms. The number of ether oxygens (including phenoxy) is 2. The molecule has 166 valence electrons. The van der Waals surface area contributed by atoms with Gasteiger partial charge in [-0.3, -0.25) is 9.59 Å². The van der Waals surface area contributed by atoms with Gasteiger partial charge in [0.25, 0.3) is 5.91 Å². The summed E-state index contributed by atoms with van der Waals surface area (Å²) in [5.41, 5.74) is 2.48. The van der Waals surface area contributed by atoms with Gasteiger partial charge in [0.15, 0.2) is 5.43 Å². The Hall–Kier alpha value is -4.06. The summed E-state index contributed by atoms with van der Waals surface area (Å²) < 4.78 is 16.6. The number of amides is 1. The van der Waals surface area contributed by atoms with Crippen molar-refractivity contribution in [3.05, 3.63) is 105 Å². The van der Waals surface area contributed by atoms with Crippen LogP contribution in [0.5, 0.6) is 11.5 Å². The fourth-order valence-electron chi connectivity index (χ4n) is 4.40. The Morgan fingerprint density at radius 3 is 2.39 bits per heavy atom. The third-order valence-corrected chi connectivity index (χ3v) is 6.08. The molecule has 6 nitrogen and oxygen atoms in total. The Balaban J connectivity index is 1.60. The second-order valence-corrected chi connectivity index (χ2v) is 7.95. The average Bonchev–Trinajstić information content (AvgIpc) is 3.15. The van der Waals surface area contributed by atoms with E-state index in [1.807, 2.05) is 48.5 Å². The van der Waals surface area contributed by atoms with E-state index in [4.69, 9.17) is 13.9 Å². The van der Waals surface area contributed by atoms with E-state index in [0.29, 0.717) is 35.2 Å². The van der Waals surface area contributed by atoms with Gasteiger partial charge in [-0.05, 0) is 53.9 Å².